The molecule has 4 rings (SSSR count). The lowest BCUT2D eigenvalue weighted by atomic mass is 10.1. The number of aldehydes is 1. The van der Waals surface area contributed by atoms with Crippen LogP contribution in [0, 0.1) is 0 Å². The topological polar surface area (TPSA) is 108 Å². The zero-order chi connectivity index (χ0) is 19.2. The zero-order valence-corrected chi connectivity index (χ0v) is 14.8. The van der Waals surface area contributed by atoms with E-state index >= 15 is 0 Å². The lowest BCUT2D eigenvalue weighted by Gasteiger charge is -2.07. The second kappa shape index (κ2) is 8.09. The molecule has 0 spiro atoms. The fraction of sp³-hybridized carbons (Fsp3) is 0.0500. The van der Waals surface area contributed by atoms with Gasteiger partial charge in [-0.3, -0.25) is 5.10 Å². The number of aromatic nitrogens is 5. The molecule has 0 saturated heterocycles. The van der Waals surface area contributed by atoms with Crippen molar-refractivity contribution in [1.82, 2.24) is 25.1 Å². The summed E-state index contributed by atoms with van der Waals surface area (Å²) in [5.41, 5.74) is 3.64. The molecule has 2 heterocycles. The Kier molecular flexibility index (Phi) is 5.01. The van der Waals surface area contributed by atoms with Gasteiger partial charge in [0.1, 0.15) is 12.6 Å². The molecule has 0 bridgehead atoms. The quantitative estimate of drug-likeness (QED) is 0.427. The molecule has 2 aromatic carbocycles. The first-order valence-electron chi connectivity index (χ1n) is 8.66. The van der Waals surface area contributed by atoms with Gasteiger partial charge in [-0.05, 0) is 23.3 Å². The number of carbonyl (C=O) groups is 1. The van der Waals surface area contributed by atoms with Crippen LogP contribution < -0.4 is 10.6 Å². The van der Waals surface area contributed by atoms with Crippen molar-refractivity contribution in [3.05, 3.63) is 72.6 Å². The minimum atomic E-state index is 0.364. The van der Waals surface area contributed by atoms with E-state index < -0.39 is 0 Å². The normalized spacial score (nSPS) is 10.4. The third kappa shape index (κ3) is 4.18. The van der Waals surface area contributed by atoms with Crippen molar-refractivity contribution in [2.24, 2.45) is 0 Å². The first-order valence-corrected chi connectivity index (χ1v) is 8.66. The van der Waals surface area contributed by atoms with Crippen LogP contribution in [0.3, 0.4) is 0 Å². The molecule has 4 aromatic rings. The number of hydrogen-bond donors (Lipinski definition) is 3. The van der Waals surface area contributed by atoms with Gasteiger partial charge >= 0.3 is 0 Å². The van der Waals surface area contributed by atoms with E-state index in [4.69, 9.17) is 0 Å². The number of nitrogens with one attached hydrogen (secondary N) is 3. The predicted octanol–water partition coefficient (Wildman–Crippen LogP) is 3.49. The monoisotopic (exact) mass is 371 g/mol. The lowest BCUT2D eigenvalue weighted by Crippen LogP contribution is -2.03. The highest BCUT2D eigenvalue weighted by Crippen LogP contribution is 2.21. The Morgan fingerprint density at radius 1 is 0.929 bits per heavy atom. The molecule has 8 heteroatoms. The SMILES string of the molecule is O=CCc1cccc(Nc2ncnc(Nc3cc(-c4ccccc4)[nH]n3)n2)c1. The minimum Gasteiger partial charge on any atom is -0.324 e. The highest BCUT2D eigenvalue weighted by atomic mass is 16.1. The molecule has 2 aromatic heterocycles. The van der Waals surface area contributed by atoms with Gasteiger partial charge in [-0.25, -0.2) is 9.97 Å². The van der Waals surface area contributed by atoms with Crippen LogP contribution in [-0.2, 0) is 11.2 Å². The number of nitrogens with zero attached hydrogens (tertiary/aromatic N) is 4. The zero-order valence-electron chi connectivity index (χ0n) is 14.8. The molecule has 3 N–H and O–H groups in total. The average molecular weight is 371 g/mol. The highest BCUT2D eigenvalue weighted by Gasteiger charge is 2.07. The van der Waals surface area contributed by atoms with Crippen LogP contribution in [0.1, 0.15) is 5.56 Å². The Morgan fingerprint density at radius 2 is 1.75 bits per heavy atom. The highest BCUT2D eigenvalue weighted by molar-refractivity contribution is 5.64. The summed E-state index contributed by atoms with van der Waals surface area (Å²) in [7, 11) is 0. The number of benzene rings is 2. The molecule has 0 fully saturated rings. The maximum absolute atomic E-state index is 10.7. The number of carbonyl (C=O) groups excluding carboxylic acids is 1. The van der Waals surface area contributed by atoms with E-state index in [9.17, 15) is 4.79 Å². The Bertz CT molecular complexity index is 1080. The van der Waals surface area contributed by atoms with Crippen LogP contribution >= 0.6 is 0 Å². The van der Waals surface area contributed by atoms with Gasteiger partial charge in [0.25, 0.3) is 0 Å². The smallest absolute Gasteiger partial charge is 0.233 e. The van der Waals surface area contributed by atoms with Crippen molar-refractivity contribution in [1.29, 1.82) is 0 Å². The molecule has 0 saturated carbocycles. The van der Waals surface area contributed by atoms with Gasteiger partial charge in [0.05, 0.1) is 5.69 Å². The van der Waals surface area contributed by atoms with E-state index in [0.29, 0.717) is 24.1 Å². The fourth-order valence-corrected chi connectivity index (χ4v) is 2.68. The summed E-state index contributed by atoms with van der Waals surface area (Å²) in [4.78, 5) is 23.3. The summed E-state index contributed by atoms with van der Waals surface area (Å²) >= 11 is 0. The summed E-state index contributed by atoms with van der Waals surface area (Å²) in [6, 6.07) is 19.3. The molecule has 0 amide bonds. The number of anilines is 4. The third-order valence-corrected chi connectivity index (χ3v) is 3.98. The van der Waals surface area contributed by atoms with E-state index in [0.717, 1.165) is 28.8 Å². The molecule has 0 radical (unpaired) electrons. The van der Waals surface area contributed by atoms with E-state index in [-0.39, 0.29) is 0 Å². The molecule has 0 aliphatic rings. The van der Waals surface area contributed by atoms with Crippen molar-refractivity contribution in [3.8, 4) is 11.3 Å². The van der Waals surface area contributed by atoms with Crippen LogP contribution in [0.5, 0.6) is 0 Å². The number of hydrogen-bond acceptors (Lipinski definition) is 7. The van der Waals surface area contributed by atoms with Crippen LogP contribution in [0.25, 0.3) is 11.3 Å². The van der Waals surface area contributed by atoms with Gasteiger partial charge in [-0.15, -0.1) is 0 Å². The third-order valence-electron chi connectivity index (χ3n) is 3.98. The molecule has 138 valence electrons. The Hall–Kier alpha value is -4.07. The first-order chi connectivity index (χ1) is 13.8. The number of aromatic amines is 1. The van der Waals surface area contributed by atoms with Crippen molar-refractivity contribution in [2.75, 3.05) is 10.6 Å². The second-order valence-electron chi connectivity index (χ2n) is 5.99. The average Bonchev–Trinajstić information content (AvgIpc) is 3.18. The predicted molar refractivity (Wildman–Crippen MR) is 107 cm³/mol. The molecule has 28 heavy (non-hydrogen) atoms. The van der Waals surface area contributed by atoms with Crippen molar-refractivity contribution in [3.63, 3.8) is 0 Å². The van der Waals surface area contributed by atoms with E-state index in [1.807, 2.05) is 60.7 Å². The van der Waals surface area contributed by atoms with Gasteiger partial charge in [0, 0.05) is 18.2 Å². The number of H-pyrrole nitrogens is 1. The van der Waals surface area contributed by atoms with Crippen LogP contribution in [-0.4, -0.2) is 31.4 Å². The van der Waals surface area contributed by atoms with Crippen molar-refractivity contribution < 1.29 is 4.79 Å². The van der Waals surface area contributed by atoms with E-state index in [2.05, 4.69) is 35.8 Å². The summed E-state index contributed by atoms with van der Waals surface area (Å²) in [5.74, 6) is 1.36. The summed E-state index contributed by atoms with van der Waals surface area (Å²) < 4.78 is 0. The summed E-state index contributed by atoms with van der Waals surface area (Å²) in [5, 5.41) is 13.4. The van der Waals surface area contributed by atoms with Crippen LogP contribution in [0.2, 0.25) is 0 Å². The van der Waals surface area contributed by atoms with Crippen molar-refractivity contribution in [2.45, 2.75) is 6.42 Å². The molecule has 0 aliphatic carbocycles. The Morgan fingerprint density at radius 3 is 2.57 bits per heavy atom. The standard InChI is InChI=1S/C20H17N7O/c28-10-9-14-5-4-8-16(11-14)23-19-21-13-22-20(25-19)24-18-12-17(26-27-18)15-6-2-1-3-7-15/h1-8,10-13H,9H2,(H3,21,22,23,24,25,26,27). The van der Waals surface area contributed by atoms with Gasteiger partial charge < -0.3 is 15.4 Å². The van der Waals surface area contributed by atoms with Gasteiger partial charge in [0.15, 0.2) is 5.82 Å². The van der Waals surface area contributed by atoms with Gasteiger partial charge in [-0.1, -0.05) is 42.5 Å². The maximum Gasteiger partial charge on any atom is 0.233 e. The molecule has 0 atom stereocenters. The molecule has 0 unspecified atom stereocenters. The van der Waals surface area contributed by atoms with E-state index in [1.54, 1.807) is 0 Å². The maximum atomic E-state index is 10.7. The molecule has 0 aliphatic heterocycles. The Balaban J connectivity index is 1.48. The van der Waals surface area contributed by atoms with Gasteiger partial charge in [-0.2, -0.15) is 10.1 Å². The van der Waals surface area contributed by atoms with Gasteiger partial charge in [0.2, 0.25) is 11.9 Å². The fourth-order valence-electron chi connectivity index (χ4n) is 2.68. The Labute approximate surface area is 161 Å². The first kappa shape index (κ1) is 17.3. The summed E-state index contributed by atoms with van der Waals surface area (Å²) in [6.07, 6.45) is 2.65. The summed E-state index contributed by atoms with van der Waals surface area (Å²) in [6.45, 7) is 0. The second-order valence-corrected chi connectivity index (χ2v) is 5.99. The number of rotatable bonds is 7. The minimum absolute atomic E-state index is 0.364. The lowest BCUT2D eigenvalue weighted by molar-refractivity contribution is -0.107. The van der Waals surface area contributed by atoms with Crippen LogP contribution in [0.15, 0.2) is 67.0 Å². The molecular formula is C20H17N7O. The van der Waals surface area contributed by atoms with E-state index in [1.165, 1.54) is 6.33 Å². The molecular weight excluding hydrogens is 354 g/mol. The molecule has 8 nitrogen and oxygen atoms in total. The largest absolute Gasteiger partial charge is 0.324 e. The van der Waals surface area contributed by atoms with Crippen LogP contribution in [0.4, 0.5) is 23.4 Å². The van der Waals surface area contributed by atoms with Crippen molar-refractivity contribution >= 4 is 29.7 Å².